The quantitative estimate of drug-likeness (QED) is 0.725. The number of hydrogen-bond donors (Lipinski definition) is 1. The van der Waals surface area contributed by atoms with Crippen molar-refractivity contribution in [2.45, 2.75) is 17.6 Å². The molecular formula is C17H20FNO3S2. The molecule has 0 saturated heterocycles. The van der Waals surface area contributed by atoms with Crippen LogP contribution in [-0.2, 0) is 15.8 Å². The lowest BCUT2D eigenvalue weighted by atomic mass is 10.1. The molecule has 0 spiro atoms. The fourth-order valence-electron chi connectivity index (χ4n) is 2.10. The maximum Gasteiger partial charge on any atom is 0.240 e. The second-order valence-electron chi connectivity index (χ2n) is 5.17. The van der Waals surface area contributed by atoms with Crippen LogP contribution in [0.4, 0.5) is 4.39 Å². The monoisotopic (exact) mass is 369 g/mol. The van der Waals surface area contributed by atoms with Crippen molar-refractivity contribution in [2.75, 3.05) is 19.4 Å². The van der Waals surface area contributed by atoms with Crippen molar-refractivity contribution in [3.05, 3.63) is 59.4 Å². The van der Waals surface area contributed by atoms with Crippen LogP contribution in [0.15, 0.2) is 47.4 Å². The molecule has 0 bridgehead atoms. The third kappa shape index (κ3) is 4.96. The molecule has 0 unspecified atom stereocenters. The number of aryl methyl sites for hydroxylation is 1. The number of thioether (sulfide) groups is 1. The predicted molar refractivity (Wildman–Crippen MR) is 95.5 cm³/mol. The fraction of sp³-hybridized carbons (Fsp3) is 0.294. The van der Waals surface area contributed by atoms with Gasteiger partial charge in [-0.25, -0.2) is 17.5 Å². The van der Waals surface area contributed by atoms with Gasteiger partial charge < -0.3 is 4.74 Å². The van der Waals surface area contributed by atoms with Crippen molar-refractivity contribution in [1.82, 2.24) is 4.72 Å². The second kappa shape index (κ2) is 8.50. The summed E-state index contributed by atoms with van der Waals surface area (Å²) >= 11 is 1.64. The summed E-state index contributed by atoms with van der Waals surface area (Å²) in [4.78, 5) is -0.107. The van der Waals surface area contributed by atoms with Gasteiger partial charge in [-0.05, 0) is 36.2 Å². The molecule has 0 heterocycles. The highest BCUT2D eigenvalue weighted by molar-refractivity contribution is 7.98. The highest BCUT2D eigenvalue weighted by atomic mass is 32.2. The minimum absolute atomic E-state index is 0.0164. The molecule has 7 heteroatoms. The first-order valence-corrected chi connectivity index (χ1v) is 10.0. The normalized spacial score (nSPS) is 11.5. The van der Waals surface area contributed by atoms with Gasteiger partial charge in [-0.1, -0.05) is 24.3 Å². The summed E-state index contributed by atoms with van der Waals surface area (Å²) < 4.78 is 45.2. The van der Waals surface area contributed by atoms with Gasteiger partial charge in [-0.15, -0.1) is 0 Å². The van der Waals surface area contributed by atoms with Crippen LogP contribution in [0, 0.1) is 12.7 Å². The molecule has 2 aromatic carbocycles. The Morgan fingerprint density at radius 3 is 2.62 bits per heavy atom. The number of halogens is 1. The lowest BCUT2D eigenvalue weighted by molar-refractivity contribution is 0.385. The summed E-state index contributed by atoms with van der Waals surface area (Å²) in [6, 6.07) is 11.7. The van der Waals surface area contributed by atoms with E-state index in [1.807, 2.05) is 12.1 Å². The number of rotatable bonds is 8. The van der Waals surface area contributed by atoms with Gasteiger partial charge in [0.1, 0.15) is 0 Å². The molecule has 0 fully saturated rings. The zero-order valence-electron chi connectivity index (χ0n) is 13.6. The average Bonchev–Trinajstić information content (AvgIpc) is 2.56. The minimum Gasteiger partial charge on any atom is -0.494 e. The standard InChI is InChI=1S/C17H20FNO3S2/c1-13-5-3-4-6-14(13)12-23-10-9-19-24(20,21)15-7-8-17(22-2)16(18)11-15/h3-8,11,19H,9-10,12H2,1-2H3. The smallest absolute Gasteiger partial charge is 0.240 e. The van der Waals surface area contributed by atoms with Crippen molar-refractivity contribution < 1.29 is 17.5 Å². The van der Waals surface area contributed by atoms with Gasteiger partial charge in [-0.2, -0.15) is 11.8 Å². The van der Waals surface area contributed by atoms with Crippen LogP contribution in [-0.4, -0.2) is 27.8 Å². The van der Waals surface area contributed by atoms with E-state index in [9.17, 15) is 12.8 Å². The Morgan fingerprint density at radius 2 is 1.96 bits per heavy atom. The SMILES string of the molecule is COc1ccc(S(=O)(=O)NCCSCc2ccccc2C)cc1F. The number of nitrogens with one attached hydrogen (secondary N) is 1. The van der Waals surface area contributed by atoms with E-state index >= 15 is 0 Å². The van der Waals surface area contributed by atoms with Gasteiger partial charge in [-0.3, -0.25) is 0 Å². The van der Waals surface area contributed by atoms with Gasteiger partial charge in [0.05, 0.1) is 12.0 Å². The first-order chi connectivity index (χ1) is 11.4. The van der Waals surface area contributed by atoms with E-state index in [-0.39, 0.29) is 17.2 Å². The molecule has 0 saturated carbocycles. The van der Waals surface area contributed by atoms with Gasteiger partial charge in [0, 0.05) is 18.1 Å². The summed E-state index contributed by atoms with van der Waals surface area (Å²) in [6.07, 6.45) is 0. The largest absolute Gasteiger partial charge is 0.494 e. The Morgan fingerprint density at radius 1 is 1.21 bits per heavy atom. The van der Waals surface area contributed by atoms with E-state index in [1.165, 1.54) is 30.4 Å². The Balaban J connectivity index is 1.85. The first kappa shape index (κ1) is 18.8. The first-order valence-electron chi connectivity index (χ1n) is 7.39. The zero-order chi connectivity index (χ0) is 17.6. The molecule has 0 amide bonds. The van der Waals surface area contributed by atoms with Crippen LogP contribution in [0.25, 0.3) is 0 Å². The Kier molecular flexibility index (Phi) is 6.65. The van der Waals surface area contributed by atoms with Crippen molar-refractivity contribution in [3.63, 3.8) is 0 Å². The summed E-state index contributed by atoms with van der Waals surface area (Å²) in [5.41, 5.74) is 2.46. The average molecular weight is 369 g/mol. The number of hydrogen-bond acceptors (Lipinski definition) is 4. The van der Waals surface area contributed by atoms with E-state index in [1.54, 1.807) is 11.8 Å². The molecular weight excluding hydrogens is 349 g/mol. The molecule has 0 aliphatic carbocycles. The molecule has 1 N–H and O–H groups in total. The molecule has 0 atom stereocenters. The lowest BCUT2D eigenvalue weighted by Crippen LogP contribution is -2.26. The van der Waals surface area contributed by atoms with E-state index in [0.29, 0.717) is 5.75 Å². The summed E-state index contributed by atoms with van der Waals surface area (Å²) in [6.45, 7) is 2.34. The molecule has 0 aliphatic rings. The van der Waals surface area contributed by atoms with Crippen LogP contribution in [0.1, 0.15) is 11.1 Å². The van der Waals surface area contributed by atoms with Crippen molar-refractivity contribution in [2.24, 2.45) is 0 Å². The molecule has 2 aromatic rings. The third-order valence-corrected chi connectivity index (χ3v) is 5.96. The van der Waals surface area contributed by atoms with Gasteiger partial charge in [0.25, 0.3) is 0 Å². The fourth-order valence-corrected chi connectivity index (χ4v) is 4.21. The molecule has 2 rings (SSSR count). The topological polar surface area (TPSA) is 55.4 Å². The highest BCUT2D eigenvalue weighted by Crippen LogP contribution is 2.20. The van der Waals surface area contributed by atoms with E-state index in [0.717, 1.165) is 11.8 Å². The second-order valence-corrected chi connectivity index (χ2v) is 8.05. The van der Waals surface area contributed by atoms with Crippen LogP contribution in [0.3, 0.4) is 0 Å². The number of sulfonamides is 1. The Labute approximate surface area is 146 Å². The summed E-state index contributed by atoms with van der Waals surface area (Å²) in [7, 11) is -2.39. The number of ether oxygens (including phenoxy) is 1. The molecule has 0 aromatic heterocycles. The Bertz CT molecular complexity index is 794. The zero-order valence-corrected chi connectivity index (χ0v) is 15.2. The summed E-state index contributed by atoms with van der Waals surface area (Å²) in [5, 5.41) is 0. The maximum atomic E-state index is 13.6. The van der Waals surface area contributed by atoms with Crippen LogP contribution >= 0.6 is 11.8 Å². The van der Waals surface area contributed by atoms with Crippen LogP contribution in [0.2, 0.25) is 0 Å². The van der Waals surface area contributed by atoms with E-state index in [2.05, 4.69) is 23.8 Å². The van der Waals surface area contributed by atoms with Crippen LogP contribution < -0.4 is 9.46 Å². The molecule has 0 radical (unpaired) electrons. The van der Waals surface area contributed by atoms with E-state index < -0.39 is 15.8 Å². The van der Waals surface area contributed by atoms with Crippen molar-refractivity contribution >= 4 is 21.8 Å². The Hall–Kier alpha value is -1.57. The van der Waals surface area contributed by atoms with Crippen LogP contribution in [0.5, 0.6) is 5.75 Å². The predicted octanol–water partition coefficient (Wildman–Crippen LogP) is 3.35. The highest BCUT2D eigenvalue weighted by Gasteiger charge is 2.16. The van der Waals surface area contributed by atoms with Gasteiger partial charge in [0.15, 0.2) is 11.6 Å². The number of methoxy groups -OCH3 is 1. The van der Waals surface area contributed by atoms with Gasteiger partial charge in [0.2, 0.25) is 10.0 Å². The van der Waals surface area contributed by atoms with Gasteiger partial charge >= 0.3 is 0 Å². The maximum absolute atomic E-state index is 13.6. The van der Waals surface area contributed by atoms with E-state index in [4.69, 9.17) is 4.74 Å². The third-order valence-electron chi connectivity index (χ3n) is 3.49. The van der Waals surface area contributed by atoms with Crippen molar-refractivity contribution in [3.8, 4) is 5.75 Å². The lowest BCUT2D eigenvalue weighted by Gasteiger charge is -2.09. The van der Waals surface area contributed by atoms with Crippen molar-refractivity contribution in [1.29, 1.82) is 0 Å². The molecule has 0 aliphatic heterocycles. The molecule has 24 heavy (non-hydrogen) atoms. The molecule has 4 nitrogen and oxygen atoms in total. The minimum atomic E-state index is -3.72. The number of benzene rings is 2. The summed E-state index contributed by atoms with van der Waals surface area (Å²) in [5.74, 6) is 0.773. The molecule has 130 valence electrons.